The summed E-state index contributed by atoms with van der Waals surface area (Å²) in [6, 6.07) is 21.3. The van der Waals surface area contributed by atoms with E-state index in [1.54, 1.807) is 48.5 Å². The quantitative estimate of drug-likeness (QED) is 0.394. The molecule has 7 heteroatoms. The van der Waals surface area contributed by atoms with E-state index in [9.17, 15) is 13.2 Å². The molecule has 0 atom stereocenters. The van der Waals surface area contributed by atoms with Crippen LogP contribution in [0.4, 0.5) is 11.4 Å². The summed E-state index contributed by atoms with van der Waals surface area (Å²) in [5, 5.41) is 2.78. The van der Waals surface area contributed by atoms with Crippen LogP contribution in [0.25, 0.3) is 0 Å². The number of nitrogens with one attached hydrogen (secondary N) is 1. The van der Waals surface area contributed by atoms with Crippen molar-refractivity contribution in [1.29, 1.82) is 0 Å². The van der Waals surface area contributed by atoms with Crippen LogP contribution >= 0.6 is 22.6 Å². The van der Waals surface area contributed by atoms with Crippen molar-refractivity contribution in [2.75, 3.05) is 16.2 Å². The van der Waals surface area contributed by atoms with Gasteiger partial charge < -0.3 is 5.32 Å². The second-order valence-corrected chi connectivity index (χ2v) is 10.7. The van der Waals surface area contributed by atoms with Gasteiger partial charge >= 0.3 is 0 Å². The number of anilines is 2. The lowest BCUT2D eigenvalue weighted by molar-refractivity contribution is -0.114. The fourth-order valence-electron chi connectivity index (χ4n) is 3.04. The Kier molecular flexibility index (Phi) is 7.38. The van der Waals surface area contributed by atoms with Crippen LogP contribution in [0.5, 0.6) is 0 Å². The van der Waals surface area contributed by atoms with E-state index in [0.29, 0.717) is 17.3 Å². The molecule has 0 radical (unpaired) electrons. The average Bonchev–Trinajstić information content (AvgIpc) is 2.74. The lowest BCUT2D eigenvalue weighted by atomic mass is 10.0. The second kappa shape index (κ2) is 9.82. The number of halogens is 1. The SMILES string of the molecule is Cc1ccc(S(=O)(=O)N(CC(=O)Nc2ccc(I)cc2)c2ccc(C(C)C)cc2)cc1. The molecule has 162 valence electrons. The molecule has 0 aliphatic heterocycles. The molecule has 5 nitrogen and oxygen atoms in total. The Hall–Kier alpha value is -2.39. The molecule has 0 saturated carbocycles. The molecule has 1 N–H and O–H groups in total. The Morgan fingerprint density at radius 3 is 2.06 bits per heavy atom. The highest BCUT2D eigenvalue weighted by atomic mass is 127. The van der Waals surface area contributed by atoms with E-state index >= 15 is 0 Å². The Balaban J connectivity index is 1.94. The van der Waals surface area contributed by atoms with Crippen LogP contribution in [0.1, 0.15) is 30.9 Å². The molecule has 31 heavy (non-hydrogen) atoms. The van der Waals surface area contributed by atoms with Crippen molar-refractivity contribution in [2.24, 2.45) is 0 Å². The van der Waals surface area contributed by atoms with Gasteiger partial charge in [0.2, 0.25) is 5.91 Å². The third kappa shape index (κ3) is 5.86. The van der Waals surface area contributed by atoms with Crippen molar-refractivity contribution in [1.82, 2.24) is 0 Å². The molecule has 0 saturated heterocycles. The number of hydrogen-bond acceptors (Lipinski definition) is 3. The van der Waals surface area contributed by atoms with Gasteiger partial charge in [0.25, 0.3) is 10.0 Å². The molecule has 0 aliphatic carbocycles. The smallest absolute Gasteiger partial charge is 0.264 e. The maximum atomic E-state index is 13.4. The Bertz CT molecular complexity index is 1140. The fraction of sp³-hybridized carbons (Fsp3) is 0.208. The van der Waals surface area contributed by atoms with Crippen molar-refractivity contribution in [3.63, 3.8) is 0 Å². The zero-order valence-electron chi connectivity index (χ0n) is 17.7. The van der Waals surface area contributed by atoms with Gasteiger partial charge in [-0.1, -0.05) is 43.7 Å². The summed E-state index contributed by atoms with van der Waals surface area (Å²) in [6.45, 7) is 5.71. The van der Waals surface area contributed by atoms with Gasteiger partial charge in [-0.05, 0) is 89.5 Å². The molecule has 0 fully saturated rings. The van der Waals surface area contributed by atoms with Crippen LogP contribution in [0.3, 0.4) is 0 Å². The summed E-state index contributed by atoms with van der Waals surface area (Å²) in [5.74, 6) is -0.0924. The third-order valence-corrected chi connectivity index (χ3v) is 7.38. The van der Waals surface area contributed by atoms with Gasteiger partial charge in [-0.25, -0.2) is 8.42 Å². The molecule has 0 bridgehead atoms. The lowest BCUT2D eigenvalue weighted by Gasteiger charge is -2.24. The molecule has 3 rings (SSSR count). The normalized spacial score (nSPS) is 11.4. The highest BCUT2D eigenvalue weighted by Crippen LogP contribution is 2.26. The van der Waals surface area contributed by atoms with E-state index in [1.165, 1.54) is 0 Å². The molecule has 1 amide bonds. The van der Waals surface area contributed by atoms with Gasteiger partial charge in [-0.2, -0.15) is 0 Å². The van der Waals surface area contributed by atoms with Crippen molar-refractivity contribution in [3.05, 3.63) is 87.5 Å². The van der Waals surface area contributed by atoms with Crippen LogP contribution in [0.2, 0.25) is 0 Å². The summed E-state index contributed by atoms with van der Waals surface area (Å²) in [6.07, 6.45) is 0. The standard InChI is InChI=1S/C24H25IN2O3S/c1-17(2)19-6-12-22(13-7-19)27(31(29,30)23-14-4-18(3)5-15-23)16-24(28)26-21-10-8-20(25)9-11-21/h4-15,17H,16H2,1-3H3,(H,26,28). The van der Waals surface area contributed by atoms with Gasteiger partial charge in [-0.15, -0.1) is 0 Å². The van der Waals surface area contributed by atoms with Gasteiger partial charge in [0.05, 0.1) is 10.6 Å². The zero-order valence-corrected chi connectivity index (χ0v) is 20.6. The van der Waals surface area contributed by atoms with E-state index < -0.39 is 15.9 Å². The summed E-state index contributed by atoms with van der Waals surface area (Å²) >= 11 is 2.18. The Morgan fingerprint density at radius 2 is 1.52 bits per heavy atom. The number of sulfonamides is 1. The number of hydrogen-bond donors (Lipinski definition) is 1. The van der Waals surface area contributed by atoms with Crippen LogP contribution in [-0.4, -0.2) is 20.9 Å². The molecule has 0 spiro atoms. The lowest BCUT2D eigenvalue weighted by Crippen LogP contribution is -2.38. The summed E-state index contributed by atoms with van der Waals surface area (Å²) in [5.41, 5.74) is 3.12. The first kappa shape index (κ1) is 23.3. The summed E-state index contributed by atoms with van der Waals surface area (Å²) in [7, 11) is -3.93. The molecule has 3 aromatic carbocycles. The molecular formula is C24H25IN2O3S. The largest absolute Gasteiger partial charge is 0.325 e. The predicted octanol–water partition coefficient (Wildman–Crippen LogP) is 5.56. The minimum Gasteiger partial charge on any atom is -0.325 e. The molecular weight excluding hydrogens is 523 g/mol. The average molecular weight is 548 g/mol. The monoisotopic (exact) mass is 548 g/mol. The highest BCUT2D eigenvalue weighted by Gasteiger charge is 2.27. The molecule has 0 heterocycles. The topological polar surface area (TPSA) is 66.5 Å². The summed E-state index contributed by atoms with van der Waals surface area (Å²) in [4.78, 5) is 12.9. The Labute approximate surface area is 197 Å². The Morgan fingerprint density at radius 1 is 0.935 bits per heavy atom. The van der Waals surface area contributed by atoms with Gasteiger partial charge in [0.1, 0.15) is 6.54 Å². The number of benzene rings is 3. The van der Waals surface area contributed by atoms with Crippen LogP contribution < -0.4 is 9.62 Å². The number of carbonyl (C=O) groups excluding carboxylic acids is 1. The third-order valence-electron chi connectivity index (χ3n) is 4.87. The first-order chi connectivity index (χ1) is 14.7. The van der Waals surface area contributed by atoms with E-state index in [2.05, 4.69) is 41.8 Å². The molecule has 0 aliphatic rings. The zero-order chi connectivity index (χ0) is 22.6. The first-order valence-electron chi connectivity index (χ1n) is 9.91. The number of rotatable bonds is 7. The van der Waals surface area contributed by atoms with E-state index in [0.717, 1.165) is 19.0 Å². The fourth-order valence-corrected chi connectivity index (χ4v) is 4.82. The second-order valence-electron chi connectivity index (χ2n) is 7.63. The van der Waals surface area contributed by atoms with E-state index in [4.69, 9.17) is 0 Å². The molecule has 0 unspecified atom stereocenters. The van der Waals surface area contributed by atoms with Crippen molar-refractivity contribution < 1.29 is 13.2 Å². The predicted molar refractivity (Wildman–Crippen MR) is 134 cm³/mol. The van der Waals surface area contributed by atoms with E-state index in [-0.39, 0.29) is 11.4 Å². The van der Waals surface area contributed by atoms with Crippen LogP contribution in [0.15, 0.2) is 77.7 Å². The highest BCUT2D eigenvalue weighted by molar-refractivity contribution is 14.1. The van der Waals surface area contributed by atoms with Crippen LogP contribution in [-0.2, 0) is 14.8 Å². The first-order valence-corrected chi connectivity index (χ1v) is 12.4. The van der Waals surface area contributed by atoms with Gasteiger partial charge in [0.15, 0.2) is 0 Å². The maximum absolute atomic E-state index is 13.4. The number of carbonyl (C=O) groups is 1. The van der Waals surface area contributed by atoms with Gasteiger partial charge in [0, 0.05) is 9.26 Å². The van der Waals surface area contributed by atoms with Gasteiger partial charge in [-0.3, -0.25) is 9.10 Å². The minimum atomic E-state index is -3.93. The van der Waals surface area contributed by atoms with Crippen molar-refractivity contribution >= 4 is 49.9 Å². The number of nitrogens with zero attached hydrogens (tertiary/aromatic N) is 1. The van der Waals surface area contributed by atoms with E-state index in [1.807, 2.05) is 31.2 Å². The number of aryl methyl sites for hydroxylation is 1. The maximum Gasteiger partial charge on any atom is 0.264 e. The van der Waals surface area contributed by atoms with Crippen molar-refractivity contribution in [2.45, 2.75) is 31.6 Å². The minimum absolute atomic E-state index is 0.146. The molecule has 3 aromatic rings. The van der Waals surface area contributed by atoms with Crippen LogP contribution in [0, 0.1) is 10.5 Å². The summed E-state index contributed by atoms with van der Waals surface area (Å²) < 4.78 is 29.1. The molecule has 0 aromatic heterocycles. The number of amides is 1. The van der Waals surface area contributed by atoms with Crippen molar-refractivity contribution in [3.8, 4) is 0 Å².